The van der Waals surface area contributed by atoms with Crippen LogP contribution < -0.4 is 10.1 Å². The van der Waals surface area contributed by atoms with E-state index >= 15 is 0 Å². The first-order chi connectivity index (χ1) is 9.26. The summed E-state index contributed by atoms with van der Waals surface area (Å²) in [6, 6.07) is 6.06. The summed E-state index contributed by atoms with van der Waals surface area (Å²) in [7, 11) is 1.70. The second-order valence-electron chi connectivity index (χ2n) is 4.94. The van der Waals surface area contributed by atoms with E-state index < -0.39 is 0 Å². The molecule has 3 nitrogen and oxygen atoms in total. The van der Waals surface area contributed by atoms with Gasteiger partial charge in [0, 0.05) is 29.2 Å². The first-order valence-electron chi connectivity index (χ1n) is 6.90. The highest BCUT2D eigenvalue weighted by atomic mass is 35.5. The minimum atomic E-state index is 0.246. The van der Waals surface area contributed by atoms with Crippen LogP contribution in [0.15, 0.2) is 18.2 Å². The van der Waals surface area contributed by atoms with Crippen LogP contribution in [-0.2, 0) is 4.74 Å². The molecule has 0 bridgehead atoms. The van der Waals surface area contributed by atoms with Gasteiger partial charge in [0.2, 0.25) is 0 Å². The van der Waals surface area contributed by atoms with E-state index in [0.717, 1.165) is 48.9 Å². The van der Waals surface area contributed by atoms with Crippen molar-refractivity contribution in [1.29, 1.82) is 0 Å². The maximum absolute atomic E-state index is 6.14. The molecular weight excluding hydrogens is 262 g/mol. The molecule has 1 fully saturated rings. The molecule has 1 heterocycles. The van der Waals surface area contributed by atoms with Gasteiger partial charge in [-0.2, -0.15) is 0 Å². The number of nitrogens with one attached hydrogen (secondary N) is 1. The Labute approximate surface area is 120 Å². The fourth-order valence-corrected chi connectivity index (χ4v) is 2.77. The monoisotopic (exact) mass is 283 g/mol. The Morgan fingerprint density at radius 3 is 3.00 bits per heavy atom. The highest BCUT2D eigenvalue weighted by Gasteiger charge is 2.28. The molecular formula is C15H22ClNO2. The Morgan fingerprint density at radius 2 is 2.37 bits per heavy atom. The first-order valence-corrected chi connectivity index (χ1v) is 7.28. The molecule has 1 aliphatic heterocycles. The smallest absolute Gasteiger partial charge is 0.123 e. The molecule has 1 N–H and O–H groups in total. The zero-order chi connectivity index (χ0) is 13.7. The summed E-state index contributed by atoms with van der Waals surface area (Å²) in [5.41, 5.74) is 1.14. The minimum Gasteiger partial charge on any atom is -0.496 e. The summed E-state index contributed by atoms with van der Waals surface area (Å²) in [5, 5.41) is 4.36. The number of benzene rings is 1. The van der Waals surface area contributed by atoms with Crippen molar-refractivity contribution in [3.05, 3.63) is 28.8 Å². The lowest BCUT2D eigenvalue weighted by Gasteiger charge is -2.26. The lowest BCUT2D eigenvalue weighted by molar-refractivity contribution is 0.176. The van der Waals surface area contributed by atoms with Crippen LogP contribution in [0.2, 0.25) is 5.02 Å². The van der Waals surface area contributed by atoms with Crippen molar-refractivity contribution in [3.63, 3.8) is 0 Å². The first kappa shape index (κ1) is 14.6. The van der Waals surface area contributed by atoms with E-state index in [9.17, 15) is 0 Å². The van der Waals surface area contributed by atoms with Crippen LogP contribution in [0.1, 0.15) is 31.4 Å². The van der Waals surface area contributed by atoms with Crippen molar-refractivity contribution in [2.75, 3.05) is 26.9 Å². The SMILES string of the molecule is CCCNC(c1cc(Cl)ccc1OC)C1CCOC1. The van der Waals surface area contributed by atoms with Gasteiger partial charge in [-0.3, -0.25) is 0 Å². The number of halogens is 1. The lowest BCUT2D eigenvalue weighted by Crippen LogP contribution is -2.29. The molecule has 0 aromatic heterocycles. The van der Waals surface area contributed by atoms with E-state index in [-0.39, 0.29) is 6.04 Å². The standard InChI is InChI=1S/C15H22ClNO2/c1-3-7-17-15(11-6-8-19-10-11)13-9-12(16)4-5-14(13)18-2/h4-5,9,11,15,17H,3,6-8,10H2,1-2H3. The largest absolute Gasteiger partial charge is 0.496 e. The summed E-state index contributed by atoms with van der Waals surface area (Å²) in [4.78, 5) is 0. The van der Waals surface area contributed by atoms with E-state index in [4.69, 9.17) is 21.1 Å². The molecule has 2 unspecified atom stereocenters. The second kappa shape index (κ2) is 7.13. The van der Waals surface area contributed by atoms with Crippen LogP contribution >= 0.6 is 11.6 Å². The molecule has 0 amide bonds. The Morgan fingerprint density at radius 1 is 1.53 bits per heavy atom. The zero-order valence-corrected chi connectivity index (χ0v) is 12.4. The van der Waals surface area contributed by atoms with Crippen LogP contribution in [0.5, 0.6) is 5.75 Å². The molecule has 0 radical (unpaired) electrons. The van der Waals surface area contributed by atoms with Crippen molar-refractivity contribution >= 4 is 11.6 Å². The van der Waals surface area contributed by atoms with Gasteiger partial charge >= 0.3 is 0 Å². The highest BCUT2D eigenvalue weighted by Crippen LogP contribution is 2.35. The summed E-state index contributed by atoms with van der Waals surface area (Å²) >= 11 is 6.14. The van der Waals surface area contributed by atoms with E-state index in [1.54, 1.807) is 7.11 Å². The quantitative estimate of drug-likeness (QED) is 0.868. The maximum atomic E-state index is 6.14. The van der Waals surface area contributed by atoms with Gasteiger partial charge in [-0.25, -0.2) is 0 Å². The summed E-state index contributed by atoms with van der Waals surface area (Å²) in [5.74, 6) is 1.38. The van der Waals surface area contributed by atoms with Crippen LogP contribution in [0.4, 0.5) is 0 Å². The van der Waals surface area contributed by atoms with Crippen molar-refractivity contribution in [2.45, 2.75) is 25.8 Å². The number of ether oxygens (including phenoxy) is 2. The molecule has 1 aromatic rings. The predicted octanol–water partition coefficient (Wildman–Crippen LogP) is 3.43. The molecule has 1 saturated heterocycles. The highest BCUT2D eigenvalue weighted by molar-refractivity contribution is 6.30. The van der Waals surface area contributed by atoms with Gasteiger partial charge in [-0.1, -0.05) is 18.5 Å². The van der Waals surface area contributed by atoms with Crippen molar-refractivity contribution in [1.82, 2.24) is 5.32 Å². The summed E-state index contributed by atoms with van der Waals surface area (Å²) in [6.07, 6.45) is 2.18. The van der Waals surface area contributed by atoms with Gasteiger partial charge in [0.15, 0.2) is 0 Å². The Bertz CT molecular complexity index is 405. The van der Waals surface area contributed by atoms with E-state index in [0.29, 0.717) is 5.92 Å². The van der Waals surface area contributed by atoms with Gasteiger partial charge in [-0.05, 0) is 37.6 Å². The van der Waals surface area contributed by atoms with E-state index in [2.05, 4.69) is 12.2 Å². The number of rotatable bonds is 6. The Kier molecular flexibility index (Phi) is 5.49. The molecule has 2 atom stereocenters. The predicted molar refractivity (Wildman–Crippen MR) is 78.0 cm³/mol. The van der Waals surface area contributed by atoms with E-state index in [1.807, 2.05) is 18.2 Å². The average molecular weight is 284 g/mol. The van der Waals surface area contributed by atoms with Crippen LogP contribution in [0.25, 0.3) is 0 Å². The molecule has 0 spiro atoms. The third-order valence-corrected chi connectivity index (χ3v) is 3.81. The van der Waals surface area contributed by atoms with Gasteiger partial charge in [0.05, 0.1) is 13.7 Å². The fourth-order valence-electron chi connectivity index (χ4n) is 2.59. The normalized spacial score (nSPS) is 20.5. The van der Waals surface area contributed by atoms with Gasteiger partial charge in [-0.15, -0.1) is 0 Å². The summed E-state index contributed by atoms with van der Waals surface area (Å²) < 4.78 is 11.0. The molecule has 2 rings (SSSR count). The minimum absolute atomic E-state index is 0.246. The molecule has 1 aliphatic rings. The third kappa shape index (κ3) is 3.62. The van der Waals surface area contributed by atoms with Crippen LogP contribution in [0.3, 0.4) is 0 Å². The Balaban J connectivity index is 2.27. The lowest BCUT2D eigenvalue weighted by atomic mass is 9.91. The maximum Gasteiger partial charge on any atom is 0.123 e. The van der Waals surface area contributed by atoms with Crippen LogP contribution in [0, 0.1) is 5.92 Å². The number of methoxy groups -OCH3 is 1. The second-order valence-corrected chi connectivity index (χ2v) is 5.38. The van der Waals surface area contributed by atoms with E-state index in [1.165, 1.54) is 0 Å². The van der Waals surface area contributed by atoms with Crippen molar-refractivity contribution in [2.24, 2.45) is 5.92 Å². The topological polar surface area (TPSA) is 30.5 Å². The van der Waals surface area contributed by atoms with Crippen LogP contribution in [-0.4, -0.2) is 26.9 Å². The molecule has 106 valence electrons. The molecule has 0 aliphatic carbocycles. The molecule has 0 saturated carbocycles. The van der Waals surface area contributed by atoms with Crippen molar-refractivity contribution < 1.29 is 9.47 Å². The fraction of sp³-hybridized carbons (Fsp3) is 0.600. The molecule has 1 aromatic carbocycles. The summed E-state index contributed by atoms with van der Waals surface area (Å²) in [6.45, 7) is 4.80. The van der Waals surface area contributed by atoms with Gasteiger partial charge in [0.25, 0.3) is 0 Å². The van der Waals surface area contributed by atoms with Gasteiger partial charge in [0.1, 0.15) is 5.75 Å². The van der Waals surface area contributed by atoms with Gasteiger partial charge < -0.3 is 14.8 Å². The number of hydrogen-bond acceptors (Lipinski definition) is 3. The Hall–Kier alpha value is -0.770. The zero-order valence-electron chi connectivity index (χ0n) is 11.6. The molecule has 4 heteroatoms. The number of hydrogen-bond donors (Lipinski definition) is 1. The average Bonchev–Trinajstić information content (AvgIpc) is 2.93. The van der Waals surface area contributed by atoms with Crippen molar-refractivity contribution in [3.8, 4) is 5.75 Å². The third-order valence-electron chi connectivity index (χ3n) is 3.58. The molecule has 19 heavy (non-hydrogen) atoms.